The standard InChI is InChI=1S/C30H26N2O5/c1-22-7-11-25(12-8-22)30(34)37-28-13-9-23(10-14-28)19-31-32-29(33)21-36-27-17-15-26(16-18-27)35-20-24-5-3-2-4-6-24/h2-19H,20-21H2,1H3,(H,32,33). The van der Waals surface area contributed by atoms with Gasteiger partial charge in [-0.15, -0.1) is 0 Å². The van der Waals surface area contributed by atoms with Gasteiger partial charge >= 0.3 is 5.97 Å². The van der Waals surface area contributed by atoms with Gasteiger partial charge < -0.3 is 14.2 Å². The van der Waals surface area contributed by atoms with E-state index in [2.05, 4.69) is 10.5 Å². The zero-order valence-corrected chi connectivity index (χ0v) is 20.3. The Hall–Kier alpha value is -4.91. The third-order valence-electron chi connectivity index (χ3n) is 5.22. The van der Waals surface area contributed by atoms with E-state index < -0.39 is 11.9 Å². The van der Waals surface area contributed by atoms with Crippen molar-refractivity contribution in [3.8, 4) is 17.2 Å². The number of carbonyl (C=O) groups excluding carboxylic acids is 2. The highest BCUT2D eigenvalue weighted by Crippen LogP contribution is 2.19. The fourth-order valence-electron chi connectivity index (χ4n) is 3.21. The fourth-order valence-corrected chi connectivity index (χ4v) is 3.21. The molecule has 0 aliphatic heterocycles. The lowest BCUT2D eigenvalue weighted by Gasteiger charge is -2.08. The molecule has 4 rings (SSSR count). The third kappa shape index (κ3) is 8.07. The van der Waals surface area contributed by atoms with Gasteiger partial charge in [0, 0.05) is 0 Å². The predicted octanol–water partition coefficient (Wildman–Crippen LogP) is 5.32. The second-order valence-electron chi connectivity index (χ2n) is 8.15. The number of benzene rings is 4. The summed E-state index contributed by atoms with van der Waals surface area (Å²) in [5, 5.41) is 3.94. The monoisotopic (exact) mass is 494 g/mol. The van der Waals surface area contributed by atoms with E-state index in [1.54, 1.807) is 60.7 Å². The molecule has 0 unspecified atom stereocenters. The van der Waals surface area contributed by atoms with Gasteiger partial charge in [0.15, 0.2) is 6.61 Å². The molecule has 186 valence electrons. The van der Waals surface area contributed by atoms with Gasteiger partial charge in [-0.25, -0.2) is 10.2 Å². The first-order valence-electron chi connectivity index (χ1n) is 11.7. The van der Waals surface area contributed by atoms with Gasteiger partial charge in [0.2, 0.25) is 0 Å². The third-order valence-corrected chi connectivity index (χ3v) is 5.22. The average Bonchev–Trinajstić information content (AvgIpc) is 2.93. The van der Waals surface area contributed by atoms with Crippen molar-refractivity contribution in [2.24, 2.45) is 5.10 Å². The van der Waals surface area contributed by atoms with E-state index in [-0.39, 0.29) is 6.61 Å². The average molecular weight is 495 g/mol. The second-order valence-corrected chi connectivity index (χ2v) is 8.15. The zero-order chi connectivity index (χ0) is 25.9. The van der Waals surface area contributed by atoms with E-state index in [4.69, 9.17) is 14.2 Å². The molecule has 0 heterocycles. The molecule has 4 aromatic carbocycles. The maximum absolute atomic E-state index is 12.2. The Labute approximate surface area is 215 Å². The Balaban J connectivity index is 1.17. The maximum atomic E-state index is 12.2. The lowest BCUT2D eigenvalue weighted by molar-refractivity contribution is -0.123. The van der Waals surface area contributed by atoms with Crippen molar-refractivity contribution in [1.29, 1.82) is 0 Å². The minimum Gasteiger partial charge on any atom is -0.489 e. The summed E-state index contributed by atoms with van der Waals surface area (Å²) in [5.74, 6) is 0.840. The molecule has 4 aromatic rings. The Bertz CT molecular complexity index is 1330. The first-order valence-corrected chi connectivity index (χ1v) is 11.7. The topological polar surface area (TPSA) is 86.2 Å². The lowest BCUT2D eigenvalue weighted by Crippen LogP contribution is -2.24. The van der Waals surface area contributed by atoms with Crippen LogP contribution in [-0.4, -0.2) is 24.7 Å². The van der Waals surface area contributed by atoms with Crippen LogP contribution in [0.2, 0.25) is 0 Å². The first kappa shape index (κ1) is 25.2. The summed E-state index contributed by atoms with van der Waals surface area (Å²) >= 11 is 0. The van der Waals surface area contributed by atoms with Gasteiger partial charge in [0.05, 0.1) is 11.8 Å². The quantitative estimate of drug-likeness (QED) is 0.140. The van der Waals surface area contributed by atoms with Crippen LogP contribution < -0.4 is 19.6 Å². The van der Waals surface area contributed by atoms with Crippen LogP contribution in [0, 0.1) is 6.92 Å². The van der Waals surface area contributed by atoms with Gasteiger partial charge in [-0.2, -0.15) is 5.10 Å². The molecular formula is C30H26N2O5. The smallest absolute Gasteiger partial charge is 0.343 e. The predicted molar refractivity (Wildman–Crippen MR) is 141 cm³/mol. The molecule has 1 N–H and O–H groups in total. The summed E-state index contributed by atoms with van der Waals surface area (Å²) in [6.45, 7) is 2.24. The van der Waals surface area contributed by atoms with E-state index in [0.29, 0.717) is 29.4 Å². The second kappa shape index (κ2) is 12.7. The van der Waals surface area contributed by atoms with E-state index >= 15 is 0 Å². The molecule has 0 saturated heterocycles. The van der Waals surface area contributed by atoms with Gasteiger partial charge in [-0.05, 0) is 78.7 Å². The zero-order valence-electron chi connectivity index (χ0n) is 20.3. The summed E-state index contributed by atoms with van der Waals surface area (Å²) in [4.78, 5) is 24.2. The molecule has 37 heavy (non-hydrogen) atoms. The molecule has 0 atom stereocenters. The molecule has 0 aliphatic rings. The van der Waals surface area contributed by atoms with E-state index in [0.717, 1.165) is 16.7 Å². The van der Waals surface area contributed by atoms with Crippen LogP contribution in [0.3, 0.4) is 0 Å². The lowest BCUT2D eigenvalue weighted by atomic mass is 10.1. The number of nitrogens with zero attached hydrogens (tertiary/aromatic N) is 1. The Morgan fingerprint density at radius 3 is 2.05 bits per heavy atom. The Morgan fingerprint density at radius 1 is 0.757 bits per heavy atom. The molecule has 1 amide bonds. The van der Waals surface area contributed by atoms with E-state index in [1.807, 2.05) is 49.4 Å². The Morgan fingerprint density at radius 2 is 1.38 bits per heavy atom. The van der Waals surface area contributed by atoms with Crippen molar-refractivity contribution >= 4 is 18.1 Å². The van der Waals surface area contributed by atoms with Crippen LogP contribution in [0.5, 0.6) is 17.2 Å². The molecule has 0 radical (unpaired) electrons. The molecule has 0 aromatic heterocycles. The van der Waals surface area contributed by atoms with Crippen LogP contribution >= 0.6 is 0 Å². The minimum absolute atomic E-state index is 0.185. The molecule has 7 heteroatoms. The molecule has 0 aliphatic carbocycles. The summed E-state index contributed by atoms with van der Waals surface area (Å²) in [6, 6.07) is 30.9. The number of hydrogen-bond acceptors (Lipinski definition) is 6. The Kier molecular flexibility index (Phi) is 8.64. The highest BCUT2D eigenvalue weighted by atomic mass is 16.5. The van der Waals surface area contributed by atoms with Crippen molar-refractivity contribution < 1.29 is 23.8 Å². The van der Waals surface area contributed by atoms with E-state index in [1.165, 1.54) is 6.21 Å². The summed E-state index contributed by atoms with van der Waals surface area (Å²) in [6.07, 6.45) is 1.49. The number of rotatable bonds is 10. The highest BCUT2D eigenvalue weighted by molar-refractivity contribution is 5.91. The van der Waals surface area contributed by atoms with Crippen molar-refractivity contribution in [2.75, 3.05) is 6.61 Å². The van der Waals surface area contributed by atoms with Crippen LogP contribution in [0.15, 0.2) is 108 Å². The van der Waals surface area contributed by atoms with Gasteiger partial charge in [-0.1, -0.05) is 48.0 Å². The molecule has 7 nitrogen and oxygen atoms in total. The van der Waals surface area contributed by atoms with Gasteiger partial charge in [0.25, 0.3) is 5.91 Å². The fraction of sp³-hybridized carbons (Fsp3) is 0.100. The largest absolute Gasteiger partial charge is 0.489 e. The number of aryl methyl sites for hydroxylation is 1. The number of hydrogen-bond donors (Lipinski definition) is 1. The number of esters is 1. The number of ether oxygens (including phenoxy) is 3. The molecule has 0 bridgehead atoms. The van der Waals surface area contributed by atoms with Gasteiger partial charge in [0.1, 0.15) is 23.9 Å². The van der Waals surface area contributed by atoms with Crippen molar-refractivity contribution in [2.45, 2.75) is 13.5 Å². The molecule has 0 saturated carbocycles. The van der Waals surface area contributed by atoms with E-state index in [9.17, 15) is 9.59 Å². The summed E-state index contributed by atoms with van der Waals surface area (Å²) < 4.78 is 16.6. The SMILES string of the molecule is Cc1ccc(C(=O)Oc2ccc(C=NNC(=O)COc3ccc(OCc4ccccc4)cc3)cc2)cc1. The van der Waals surface area contributed by atoms with Crippen LogP contribution in [-0.2, 0) is 11.4 Å². The van der Waals surface area contributed by atoms with Crippen LogP contribution in [0.4, 0.5) is 0 Å². The molecular weight excluding hydrogens is 468 g/mol. The number of amides is 1. The summed E-state index contributed by atoms with van der Waals surface area (Å²) in [7, 11) is 0. The molecule has 0 fully saturated rings. The number of hydrazone groups is 1. The normalized spacial score (nSPS) is 10.6. The van der Waals surface area contributed by atoms with Gasteiger partial charge in [-0.3, -0.25) is 4.79 Å². The minimum atomic E-state index is -0.428. The highest BCUT2D eigenvalue weighted by Gasteiger charge is 2.08. The number of nitrogens with one attached hydrogen (secondary N) is 1. The van der Waals surface area contributed by atoms with Crippen molar-refractivity contribution in [3.63, 3.8) is 0 Å². The number of carbonyl (C=O) groups is 2. The molecule has 0 spiro atoms. The maximum Gasteiger partial charge on any atom is 0.343 e. The van der Waals surface area contributed by atoms with Crippen LogP contribution in [0.25, 0.3) is 0 Å². The van der Waals surface area contributed by atoms with Crippen LogP contribution in [0.1, 0.15) is 27.0 Å². The first-order chi connectivity index (χ1) is 18.0. The summed E-state index contributed by atoms with van der Waals surface area (Å²) in [5.41, 5.74) is 5.77. The van der Waals surface area contributed by atoms with Crippen molar-refractivity contribution in [3.05, 3.63) is 125 Å². The van der Waals surface area contributed by atoms with Crippen molar-refractivity contribution in [1.82, 2.24) is 5.43 Å².